The van der Waals surface area contributed by atoms with E-state index in [1.807, 2.05) is 0 Å². The fraction of sp³-hybridized carbons (Fsp3) is 0.364. The monoisotopic (exact) mass is 242 g/mol. The summed E-state index contributed by atoms with van der Waals surface area (Å²) >= 11 is 6.06. The number of halogens is 1. The van der Waals surface area contributed by atoms with E-state index in [0.717, 1.165) is 0 Å². The van der Waals surface area contributed by atoms with Crippen LogP contribution in [0.1, 0.15) is 22.2 Å². The first-order valence-electron chi connectivity index (χ1n) is 4.82. The predicted molar refractivity (Wildman–Crippen MR) is 58.0 cm³/mol. The quantitative estimate of drug-likeness (QED) is 0.763. The van der Waals surface area contributed by atoms with Crippen molar-refractivity contribution in [3.8, 4) is 5.75 Å². The van der Waals surface area contributed by atoms with Crippen molar-refractivity contribution in [2.45, 2.75) is 6.29 Å². The molecule has 0 radical (unpaired) electrons. The number of ether oxygens (including phenoxy) is 3. The Kier molecular flexibility index (Phi) is 3.43. The topological polar surface area (TPSA) is 44.8 Å². The van der Waals surface area contributed by atoms with Gasteiger partial charge in [0.05, 0.1) is 36.5 Å². The Morgan fingerprint density at radius 3 is 2.69 bits per heavy atom. The molecule has 1 saturated heterocycles. The highest BCUT2D eigenvalue weighted by molar-refractivity contribution is 6.31. The molecule has 2 rings (SSSR count). The van der Waals surface area contributed by atoms with E-state index in [0.29, 0.717) is 41.4 Å². The first-order valence-corrected chi connectivity index (χ1v) is 5.20. The van der Waals surface area contributed by atoms with Gasteiger partial charge in [0.2, 0.25) is 0 Å². The van der Waals surface area contributed by atoms with E-state index in [1.54, 1.807) is 12.1 Å². The van der Waals surface area contributed by atoms with Crippen molar-refractivity contribution in [3.63, 3.8) is 0 Å². The van der Waals surface area contributed by atoms with Crippen LogP contribution < -0.4 is 4.74 Å². The van der Waals surface area contributed by atoms with Crippen molar-refractivity contribution in [1.29, 1.82) is 0 Å². The molecule has 5 heteroatoms. The van der Waals surface area contributed by atoms with Crippen LogP contribution >= 0.6 is 11.6 Å². The molecule has 0 saturated carbocycles. The van der Waals surface area contributed by atoms with E-state index in [9.17, 15) is 4.79 Å². The highest BCUT2D eigenvalue weighted by Gasteiger charge is 2.26. The van der Waals surface area contributed by atoms with Gasteiger partial charge in [-0.15, -0.1) is 0 Å². The minimum absolute atomic E-state index is 0.411. The van der Waals surface area contributed by atoms with Crippen LogP contribution in [0, 0.1) is 0 Å². The number of aldehydes is 1. The zero-order chi connectivity index (χ0) is 11.5. The highest BCUT2D eigenvalue weighted by atomic mass is 35.5. The van der Waals surface area contributed by atoms with E-state index in [4.69, 9.17) is 25.8 Å². The standard InChI is InChI=1S/C11H11ClO4/c1-14-10-7(6-13)2-3-8(12)9(10)11-15-4-5-16-11/h2-3,6,11H,4-5H2,1H3. The summed E-state index contributed by atoms with van der Waals surface area (Å²) in [6.07, 6.45) is 0.163. The van der Waals surface area contributed by atoms with Gasteiger partial charge in [-0.2, -0.15) is 0 Å². The van der Waals surface area contributed by atoms with Crippen LogP contribution in [0.4, 0.5) is 0 Å². The molecular formula is C11H11ClO4. The van der Waals surface area contributed by atoms with Crippen LogP contribution in [0.3, 0.4) is 0 Å². The fourth-order valence-corrected chi connectivity index (χ4v) is 1.90. The minimum Gasteiger partial charge on any atom is -0.495 e. The van der Waals surface area contributed by atoms with Gasteiger partial charge < -0.3 is 14.2 Å². The third-order valence-corrected chi connectivity index (χ3v) is 2.69. The average Bonchev–Trinajstić information content (AvgIpc) is 2.81. The van der Waals surface area contributed by atoms with Gasteiger partial charge in [-0.05, 0) is 12.1 Å². The first kappa shape index (κ1) is 11.4. The molecular weight excluding hydrogens is 232 g/mol. The maximum atomic E-state index is 10.9. The molecule has 1 aromatic carbocycles. The Bertz CT molecular complexity index is 399. The molecule has 1 heterocycles. The molecule has 1 aromatic rings. The molecule has 0 atom stereocenters. The van der Waals surface area contributed by atoms with Crippen LogP contribution in [0.2, 0.25) is 5.02 Å². The fourth-order valence-electron chi connectivity index (χ4n) is 1.66. The van der Waals surface area contributed by atoms with Crippen molar-refractivity contribution >= 4 is 17.9 Å². The lowest BCUT2D eigenvalue weighted by atomic mass is 10.1. The van der Waals surface area contributed by atoms with E-state index >= 15 is 0 Å². The lowest BCUT2D eigenvalue weighted by Gasteiger charge is -2.16. The third-order valence-electron chi connectivity index (χ3n) is 2.36. The molecule has 0 bridgehead atoms. The van der Waals surface area contributed by atoms with Gasteiger partial charge >= 0.3 is 0 Å². The number of hydrogen-bond acceptors (Lipinski definition) is 4. The molecule has 16 heavy (non-hydrogen) atoms. The lowest BCUT2D eigenvalue weighted by Crippen LogP contribution is -2.04. The number of rotatable bonds is 3. The summed E-state index contributed by atoms with van der Waals surface area (Å²) in [6.45, 7) is 1.02. The normalized spacial score (nSPS) is 16.4. The average molecular weight is 243 g/mol. The van der Waals surface area contributed by atoms with Crippen molar-refractivity contribution in [2.24, 2.45) is 0 Å². The minimum atomic E-state index is -0.553. The maximum Gasteiger partial charge on any atom is 0.189 e. The number of methoxy groups -OCH3 is 1. The summed E-state index contributed by atoms with van der Waals surface area (Å²) in [5, 5.41) is 0.467. The number of carbonyl (C=O) groups is 1. The van der Waals surface area contributed by atoms with Crippen molar-refractivity contribution in [2.75, 3.05) is 20.3 Å². The molecule has 0 N–H and O–H groups in total. The van der Waals surface area contributed by atoms with Crippen LogP contribution in [-0.2, 0) is 9.47 Å². The molecule has 0 amide bonds. The van der Waals surface area contributed by atoms with Crippen molar-refractivity contribution in [1.82, 2.24) is 0 Å². The van der Waals surface area contributed by atoms with Gasteiger partial charge in [-0.3, -0.25) is 4.79 Å². The first-order chi connectivity index (χ1) is 7.77. The third kappa shape index (κ3) is 1.91. The number of carbonyl (C=O) groups excluding carboxylic acids is 1. The van der Waals surface area contributed by atoms with Gasteiger partial charge in [0, 0.05) is 0 Å². The maximum absolute atomic E-state index is 10.9. The molecule has 0 spiro atoms. The smallest absolute Gasteiger partial charge is 0.189 e. The summed E-state index contributed by atoms with van der Waals surface area (Å²) < 4.78 is 15.9. The summed E-state index contributed by atoms with van der Waals surface area (Å²) in [5.41, 5.74) is 1.01. The van der Waals surface area contributed by atoms with Crippen molar-refractivity contribution < 1.29 is 19.0 Å². The lowest BCUT2D eigenvalue weighted by molar-refractivity contribution is -0.0454. The van der Waals surface area contributed by atoms with Gasteiger partial charge in [0.25, 0.3) is 0 Å². The molecule has 0 unspecified atom stereocenters. The number of benzene rings is 1. The predicted octanol–water partition coefficient (Wildman–Crippen LogP) is 2.21. The molecule has 1 aliphatic heterocycles. The Balaban J connectivity index is 2.51. The summed E-state index contributed by atoms with van der Waals surface area (Å²) in [6, 6.07) is 3.24. The molecule has 0 aliphatic carbocycles. The Morgan fingerprint density at radius 1 is 1.44 bits per heavy atom. The molecule has 1 aliphatic rings. The Hall–Kier alpha value is -1.10. The molecule has 1 fully saturated rings. The van der Waals surface area contributed by atoms with Gasteiger partial charge in [-0.1, -0.05) is 11.6 Å². The second-order valence-corrected chi connectivity index (χ2v) is 3.68. The highest BCUT2D eigenvalue weighted by Crippen LogP contribution is 2.38. The van der Waals surface area contributed by atoms with Gasteiger partial charge in [0.1, 0.15) is 5.75 Å². The Morgan fingerprint density at radius 2 is 2.12 bits per heavy atom. The van der Waals surface area contributed by atoms with Crippen LogP contribution in [-0.4, -0.2) is 26.6 Å². The van der Waals surface area contributed by atoms with E-state index in [1.165, 1.54) is 7.11 Å². The molecule has 4 nitrogen and oxygen atoms in total. The zero-order valence-electron chi connectivity index (χ0n) is 8.73. The largest absolute Gasteiger partial charge is 0.495 e. The SMILES string of the molecule is COc1c(C=O)ccc(Cl)c1C1OCCO1. The van der Waals surface area contributed by atoms with E-state index in [2.05, 4.69) is 0 Å². The summed E-state index contributed by atoms with van der Waals surface area (Å²) in [7, 11) is 1.48. The van der Waals surface area contributed by atoms with Gasteiger partial charge in [-0.25, -0.2) is 0 Å². The van der Waals surface area contributed by atoms with E-state index in [-0.39, 0.29) is 0 Å². The zero-order valence-corrected chi connectivity index (χ0v) is 9.49. The van der Waals surface area contributed by atoms with Crippen LogP contribution in [0.25, 0.3) is 0 Å². The summed E-state index contributed by atoms with van der Waals surface area (Å²) in [5.74, 6) is 0.411. The van der Waals surface area contributed by atoms with Crippen molar-refractivity contribution in [3.05, 3.63) is 28.3 Å². The second kappa shape index (κ2) is 4.82. The van der Waals surface area contributed by atoms with Crippen LogP contribution in [0.5, 0.6) is 5.75 Å². The van der Waals surface area contributed by atoms with Crippen LogP contribution in [0.15, 0.2) is 12.1 Å². The molecule has 0 aromatic heterocycles. The summed E-state index contributed by atoms with van der Waals surface area (Å²) in [4.78, 5) is 10.9. The Labute approximate surface area is 98.1 Å². The van der Waals surface area contributed by atoms with Gasteiger partial charge in [0.15, 0.2) is 12.6 Å². The second-order valence-electron chi connectivity index (χ2n) is 3.27. The van der Waals surface area contributed by atoms with E-state index < -0.39 is 6.29 Å². The number of hydrogen-bond donors (Lipinski definition) is 0. The molecule has 86 valence electrons.